The highest BCUT2D eigenvalue weighted by molar-refractivity contribution is 8.01. The van der Waals surface area contributed by atoms with Crippen molar-refractivity contribution >= 4 is 35.1 Å². The van der Waals surface area contributed by atoms with Crippen molar-refractivity contribution in [1.29, 1.82) is 0 Å². The average molecular weight is 358 g/mol. The lowest BCUT2D eigenvalue weighted by Gasteiger charge is -2.14. The van der Waals surface area contributed by atoms with Crippen molar-refractivity contribution in [3.63, 3.8) is 0 Å². The molecule has 2 unspecified atom stereocenters. The number of hydrogen-bond donors (Lipinski definition) is 1. The Kier molecular flexibility index (Phi) is 5.57. The standard InChI is InChI=1S/C20H23NOS2/c1-4-14(3)23-16-9-10-17(13(2)11-16)21-20(22)19-12-15-7-5-6-8-18(15)24-19/h5-11,14,19H,4,12H2,1-3H3,(H,21,22). The van der Waals surface area contributed by atoms with Gasteiger partial charge in [-0.2, -0.15) is 0 Å². The van der Waals surface area contributed by atoms with Crippen molar-refractivity contribution in [3.8, 4) is 0 Å². The topological polar surface area (TPSA) is 29.1 Å². The number of nitrogens with one attached hydrogen (secondary N) is 1. The number of amides is 1. The normalized spacial score (nSPS) is 17.4. The maximum absolute atomic E-state index is 12.6. The van der Waals surface area contributed by atoms with Crippen molar-refractivity contribution in [2.24, 2.45) is 0 Å². The van der Waals surface area contributed by atoms with Crippen LogP contribution in [0.1, 0.15) is 31.4 Å². The highest BCUT2D eigenvalue weighted by Gasteiger charge is 2.28. The first-order valence-corrected chi connectivity index (χ1v) is 10.2. The molecule has 0 saturated heterocycles. The zero-order valence-corrected chi connectivity index (χ0v) is 16.0. The fraction of sp³-hybridized carbons (Fsp3) is 0.350. The van der Waals surface area contributed by atoms with Crippen LogP contribution in [-0.4, -0.2) is 16.4 Å². The highest BCUT2D eigenvalue weighted by Crippen LogP contribution is 2.37. The Morgan fingerprint density at radius 3 is 2.83 bits per heavy atom. The van der Waals surface area contributed by atoms with E-state index in [9.17, 15) is 4.79 Å². The predicted octanol–water partition coefficient (Wildman–Crippen LogP) is 5.54. The van der Waals surface area contributed by atoms with Crippen LogP contribution in [-0.2, 0) is 11.2 Å². The molecule has 1 aliphatic heterocycles. The van der Waals surface area contributed by atoms with E-state index in [4.69, 9.17) is 0 Å². The van der Waals surface area contributed by atoms with Crippen molar-refractivity contribution in [2.45, 2.75) is 53.9 Å². The van der Waals surface area contributed by atoms with Crippen molar-refractivity contribution in [1.82, 2.24) is 0 Å². The second kappa shape index (κ2) is 7.66. The molecule has 2 aromatic carbocycles. The molecule has 0 spiro atoms. The molecular formula is C20H23NOS2. The van der Waals surface area contributed by atoms with E-state index in [0.717, 1.165) is 24.1 Å². The molecule has 0 bridgehead atoms. The summed E-state index contributed by atoms with van der Waals surface area (Å²) in [5.41, 5.74) is 3.32. The van der Waals surface area contributed by atoms with E-state index in [1.54, 1.807) is 11.8 Å². The summed E-state index contributed by atoms with van der Waals surface area (Å²) in [4.78, 5) is 15.1. The quantitative estimate of drug-likeness (QED) is 0.712. The molecule has 24 heavy (non-hydrogen) atoms. The number of hydrogen-bond acceptors (Lipinski definition) is 3. The fourth-order valence-corrected chi connectivity index (χ4v) is 4.92. The minimum Gasteiger partial charge on any atom is -0.325 e. The maximum atomic E-state index is 12.6. The Morgan fingerprint density at radius 2 is 2.12 bits per heavy atom. The summed E-state index contributed by atoms with van der Waals surface area (Å²) >= 11 is 3.55. The lowest BCUT2D eigenvalue weighted by atomic mass is 10.1. The Bertz CT molecular complexity index is 719. The Hall–Kier alpha value is -1.39. The van der Waals surface area contributed by atoms with E-state index in [0.29, 0.717) is 5.25 Å². The number of thioether (sulfide) groups is 2. The number of aryl methyl sites for hydroxylation is 1. The molecule has 1 amide bonds. The van der Waals surface area contributed by atoms with Crippen LogP contribution < -0.4 is 5.32 Å². The third-order valence-corrected chi connectivity index (χ3v) is 6.89. The van der Waals surface area contributed by atoms with E-state index >= 15 is 0 Å². The van der Waals surface area contributed by atoms with E-state index in [2.05, 4.69) is 50.4 Å². The van der Waals surface area contributed by atoms with Gasteiger partial charge < -0.3 is 5.32 Å². The van der Waals surface area contributed by atoms with Crippen LogP contribution in [0.4, 0.5) is 5.69 Å². The van der Waals surface area contributed by atoms with Gasteiger partial charge in [0.1, 0.15) is 0 Å². The lowest BCUT2D eigenvalue weighted by Crippen LogP contribution is -2.25. The minimum atomic E-state index is -0.0315. The molecule has 2 aromatic rings. The minimum absolute atomic E-state index is 0.0315. The summed E-state index contributed by atoms with van der Waals surface area (Å²) in [6, 6.07) is 14.6. The van der Waals surface area contributed by atoms with Gasteiger partial charge in [0.05, 0.1) is 5.25 Å². The van der Waals surface area contributed by atoms with Crippen molar-refractivity contribution in [2.75, 3.05) is 5.32 Å². The van der Waals surface area contributed by atoms with Gasteiger partial charge in [0, 0.05) is 20.7 Å². The summed E-state index contributed by atoms with van der Waals surface area (Å²) in [5, 5.41) is 3.69. The van der Waals surface area contributed by atoms with Gasteiger partial charge in [-0.25, -0.2) is 0 Å². The second-order valence-corrected chi connectivity index (χ2v) is 8.98. The molecule has 126 valence electrons. The molecule has 0 aromatic heterocycles. The zero-order valence-electron chi connectivity index (χ0n) is 14.3. The number of benzene rings is 2. The zero-order chi connectivity index (χ0) is 17.1. The van der Waals surface area contributed by atoms with Gasteiger partial charge in [0.25, 0.3) is 0 Å². The smallest absolute Gasteiger partial charge is 0.238 e. The summed E-state index contributed by atoms with van der Waals surface area (Å²) in [6.07, 6.45) is 1.97. The third kappa shape index (κ3) is 3.98. The highest BCUT2D eigenvalue weighted by atomic mass is 32.2. The lowest BCUT2D eigenvalue weighted by molar-refractivity contribution is -0.115. The Balaban J connectivity index is 1.65. The van der Waals surface area contributed by atoms with Crippen LogP contribution in [0.25, 0.3) is 0 Å². The molecule has 1 aliphatic rings. The molecule has 3 rings (SSSR count). The van der Waals surface area contributed by atoms with Crippen molar-refractivity contribution < 1.29 is 4.79 Å². The SMILES string of the molecule is CCC(C)Sc1ccc(NC(=O)C2Cc3ccccc3S2)c(C)c1. The molecule has 2 atom stereocenters. The van der Waals surface area contributed by atoms with E-state index < -0.39 is 0 Å². The molecule has 4 heteroatoms. The second-order valence-electron chi connectivity index (χ2n) is 6.22. The van der Waals surface area contributed by atoms with Gasteiger partial charge in [0.2, 0.25) is 5.91 Å². The first-order valence-electron chi connectivity index (χ1n) is 8.39. The number of rotatable bonds is 5. The van der Waals surface area contributed by atoms with Crippen LogP contribution in [0.15, 0.2) is 52.3 Å². The number of anilines is 1. The van der Waals surface area contributed by atoms with E-state index in [1.165, 1.54) is 15.4 Å². The van der Waals surface area contributed by atoms with Gasteiger partial charge >= 0.3 is 0 Å². The maximum Gasteiger partial charge on any atom is 0.238 e. The van der Waals surface area contributed by atoms with Gasteiger partial charge in [-0.1, -0.05) is 32.0 Å². The summed E-state index contributed by atoms with van der Waals surface area (Å²) in [7, 11) is 0. The fourth-order valence-electron chi connectivity index (χ4n) is 2.71. The summed E-state index contributed by atoms with van der Waals surface area (Å²) in [6.45, 7) is 6.51. The Morgan fingerprint density at radius 1 is 1.33 bits per heavy atom. The monoisotopic (exact) mass is 357 g/mol. The molecule has 0 fully saturated rings. The first-order chi connectivity index (χ1) is 11.6. The largest absolute Gasteiger partial charge is 0.325 e. The van der Waals surface area contributed by atoms with E-state index in [1.807, 2.05) is 30.0 Å². The molecule has 0 aliphatic carbocycles. The van der Waals surface area contributed by atoms with Crippen molar-refractivity contribution in [3.05, 3.63) is 53.6 Å². The Labute approximate surface area is 152 Å². The van der Waals surface area contributed by atoms with E-state index in [-0.39, 0.29) is 11.2 Å². The van der Waals surface area contributed by atoms with Gasteiger partial charge in [-0.15, -0.1) is 23.5 Å². The molecule has 2 nitrogen and oxygen atoms in total. The summed E-state index contributed by atoms with van der Waals surface area (Å²) < 4.78 is 0. The van der Waals surface area contributed by atoms with Gasteiger partial charge in [-0.3, -0.25) is 4.79 Å². The number of carbonyl (C=O) groups excluding carboxylic acids is 1. The van der Waals surface area contributed by atoms with Crippen LogP contribution in [0, 0.1) is 6.92 Å². The van der Waals surface area contributed by atoms with Gasteiger partial charge in [-0.05, 0) is 55.2 Å². The molecule has 1 heterocycles. The molecule has 0 saturated carbocycles. The number of fused-ring (bicyclic) bond motifs is 1. The van der Waals surface area contributed by atoms with Crippen LogP contribution in [0.2, 0.25) is 0 Å². The molecule has 1 N–H and O–H groups in total. The predicted molar refractivity (Wildman–Crippen MR) is 105 cm³/mol. The van der Waals surface area contributed by atoms with Gasteiger partial charge in [0.15, 0.2) is 0 Å². The third-order valence-electron chi connectivity index (χ3n) is 4.31. The average Bonchev–Trinajstić information content (AvgIpc) is 3.01. The van der Waals surface area contributed by atoms with Crippen LogP contribution >= 0.6 is 23.5 Å². The molecule has 0 radical (unpaired) electrons. The first kappa shape index (κ1) is 17.4. The van der Waals surface area contributed by atoms with Crippen LogP contribution in [0.5, 0.6) is 0 Å². The van der Waals surface area contributed by atoms with Crippen LogP contribution in [0.3, 0.4) is 0 Å². The summed E-state index contributed by atoms with van der Waals surface area (Å²) in [5.74, 6) is 0.0987. The molecular weight excluding hydrogens is 334 g/mol. The number of carbonyl (C=O) groups is 1.